The molecule has 1 rings (SSSR count). The normalized spacial score (nSPS) is 15.8. The second-order valence-corrected chi connectivity index (χ2v) is 4.41. The van der Waals surface area contributed by atoms with Gasteiger partial charge in [0.2, 0.25) is 0 Å². The van der Waals surface area contributed by atoms with Gasteiger partial charge in [-0.25, -0.2) is 18.5 Å². The average molecular weight is 190 g/mol. The molecule has 0 fully saturated rings. The van der Waals surface area contributed by atoms with Crippen LogP contribution in [0.1, 0.15) is 5.69 Å². The van der Waals surface area contributed by atoms with Crippen molar-refractivity contribution in [2.45, 2.75) is 6.54 Å². The molecular formula is C5H10N4O2S. The fraction of sp³-hybridized carbons (Fsp3) is 0.400. The summed E-state index contributed by atoms with van der Waals surface area (Å²) in [5.74, 6) is 0. The molecule has 0 saturated carbocycles. The zero-order valence-electron chi connectivity index (χ0n) is 6.51. The number of nitrogens with one attached hydrogen (secondary N) is 4. The zero-order valence-corrected chi connectivity index (χ0v) is 7.33. The largest absolute Gasteiger partial charge is 0.323 e. The van der Waals surface area contributed by atoms with Crippen LogP contribution >= 0.6 is 0 Å². The first-order chi connectivity index (χ1) is 5.47. The summed E-state index contributed by atoms with van der Waals surface area (Å²) >= 11 is 0. The van der Waals surface area contributed by atoms with Crippen LogP contribution in [-0.4, -0.2) is 20.4 Å². The molecular weight excluding hydrogens is 180 g/mol. The highest BCUT2D eigenvalue weighted by Crippen LogP contribution is 1.87. The van der Waals surface area contributed by atoms with Crippen molar-refractivity contribution in [3.05, 3.63) is 22.4 Å². The quantitative estimate of drug-likeness (QED) is 0.510. The van der Waals surface area contributed by atoms with Crippen LogP contribution in [0.3, 0.4) is 0 Å². The minimum absolute atomic E-state index is 0.220. The van der Waals surface area contributed by atoms with E-state index in [9.17, 15) is 9.00 Å². The number of aromatic nitrogens is 2. The van der Waals surface area contributed by atoms with Gasteiger partial charge in [0.05, 0.1) is 12.2 Å². The van der Waals surface area contributed by atoms with Crippen LogP contribution in [0.25, 0.3) is 0 Å². The summed E-state index contributed by atoms with van der Waals surface area (Å²) in [5.41, 5.74) is 0.279. The van der Waals surface area contributed by atoms with Gasteiger partial charge in [-0.1, -0.05) is 0 Å². The van der Waals surface area contributed by atoms with Gasteiger partial charge in [0.1, 0.15) is 9.92 Å². The summed E-state index contributed by atoms with van der Waals surface area (Å²) in [6.07, 6.45) is 2.75. The number of H-pyrrole nitrogens is 2. The molecule has 0 aliphatic heterocycles. The summed E-state index contributed by atoms with van der Waals surface area (Å²) in [5, 5.41) is 0. The maximum absolute atomic E-state index is 10.8. The van der Waals surface area contributed by atoms with E-state index in [1.807, 2.05) is 0 Å². The van der Waals surface area contributed by atoms with Crippen LogP contribution in [-0.2, 0) is 16.5 Å². The maximum atomic E-state index is 10.8. The molecule has 1 aromatic rings. The summed E-state index contributed by atoms with van der Waals surface area (Å²) in [4.78, 5) is 15.4. The van der Waals surface area contributed by atoms with E-state index in [-0.39, 0.29) is 12.2 Å². The maximum Gasteiger partial charge on any atom is 0.323 e. The monoisotopic (exact) mass is 190 g/mol. The van der Waals surface area contributed by atoms with Crippen molar-refractivity contribution in [2.75, 3.05) is 6.26 Å². The molecule has 68 valence electrons. The van der Waals surface area contributed by atoms with E-state index >= 15 is 0 Å². The van der Waals surface area contributed by atoms with Gasteiger partial charge in [0, 0.05) is 12.5 Å². The first-order valence-corrected chi connectivity index (χ1v) is 5.19. The molecule has 1 atom stereocenters. The fourth-order valence-corrected chi connectivity index (χ4v) is 1.11. The number of hydrogen-bond donors (Lipinski definition) is 4. The molecule has 0 spiro atoms. The van der Waals surface area contributed by atoms with Crippen LogP contribution in [0.4, 0.5) is 0 Å². The molecule has 6 nitrogen and oxygen atoms in total. The molecule has 7 heteroatoms. The van der Waals surface area contributed by atoms with Crippen molar-refractivity contribution in [1.82, 2.24) is 14.7 Å². The molecule has 1 unspecified atom stereocenters. The lowest BCUT2D eigenvalue weighted by Crippen LogP contribution is -2.20. The van der Waals surface area contributed by atoms with Crippen molar-refractivity contribution in [2.24, 2.45) is 0 Å². The molecule has 0 aliphatic carbocycles. The Labute approximate surface area is 69.5 Å². The predicted molar refractivity (Wildman–Crippen MR) is 45.0 cm³/mol. The van der Waals surface area contributed by atoms with Gasteiger partial charge in [-0.15, -0.1) is 0 Å². The molecule has 0 saturated heterocycles. The predicted octanol–water partition coefficient (Wildman–Crippen LogP) is -0.616. The Balaban J connectivity index is 2.61. The molecule has 12 heavy (non-hydrogen) atoms. The highest BCUT2D eigenvalue weighted by Gasteiger charge is 1.98. The van der Waals surface area contributed by atoms with Crippen LogP contribution in [0.5, 0.6) is 0 Å². The third kappa shape index (κ3) is 2.89. The topological polar surface area (TPSA) is 102 Å². The first-order valence-electron chi connectivity index (χ1n) is 3.22. The van der Waals surface area contributed by atoms with E-state index in [1.165, 1.54) is 12.5 Å². The van der Waals surface area contributed by atoms with Gasteiger partial charge in [-0.3, -0.25) is 0 Å². The third-order valence-electron chi connectivity index (χ3n) is 1.19. The number of rotatable bonds is 3. The van der Waals surface area contributed by atoms with Gasteiger partial charge in [-0.05, 0) is 0 Å². The standard InChI is InChI=1S/C5H10N4O2S/c1-12(6,11)8-3-4-2-7-5(10)9-4/h2H,3H2,1H3,(H2,6,8,11)(H2,7,9,10). The lowest BCUT2D eigenvalue weighted by molar-refractivity contribution is 0.666. The van der Waals surface area contributed by atoms with Crippen molar-refractivity contribution < 1.29 is 4.21 Å². The Kier molecular flexibility index (Phi) is 2.34. The second kappa shape index (κ2) is 3.11. The van der Waals surface area contributed by atoms with Crippen molar-refractivity contribution in [1.29, 1.82) is 4.78 Å². The Hall–Kier alpha value is -1.08. The number of aromatic amines is 2. The van der Waals surface area contributed by atoms with E-state index in [2.05, 4.69) is 14.7 Å². The smallest absolute Gasteiger partial charge is 0.313 e. The summed E-state index contributed by atoms with van der Waals surface area (Å²) in [6.45, 7) is 0.220. The van der Waals surface area contributed by atoms with Gasteiger partial charge >= 0.3 is 5.69 Å². The molecule has 0 radical (unpaired) electrons. The Bertz CT molecular complexity index is 401. The van der Waals surface area contributed by atoms with E-state index in [0.29, 0.717) is 5.69 Å². The molecule has 1 aromatic heterocycles. The number of imidazole rings is 1. The minimum atomic E-state index is -2.70. The Morgan fingerprint density at radius 1 is 1.75 bits per heavy atom. The van der Waals surface area contributed by atoms with Gasteiger partial charge in [-0.2, -0.15) is 0 Å². The lowest BCUT2D eigenvalue weighted by Gasteiger charge is -2.00. The zero-order chi connectivity index (χ0) is 9.19. The van der Waals surface area contributed by atoms with Crippen LogP contribution < -0.4 is 10.4 Å². The Morgan fingerprint density at radius 2 is 2.42 bits per heavy atom. The van der Waals surface area contributed by atoms with Crippen molar-refractivity contribution >= 4 is 9.92 Å². The van der Waals surface area contributed by atoms with Gasteiger partial charge < -0.3 is 9.97 Å². The second-order valence-electron chi connectivity index (χ2n) is 2.43. The average Bonchev–Trinajstić information content (AvgIpc) is 2.30. The fourth-order valence-electron chi connectivity index (χ4n) is 0.681. The van der Waals surface area contributed by atoms with E-state index in [0.717, 1.165) is 0 Å². The number of hydrogen-bond acceptors (Lipinski definition) is 3. The van der Waals surface area contributed by atoms with E-state index in [1.54, 1.807) is 0 Å². The third-order valence-corrected chi connectivity index (χ3v) is 1.88. The molecule has 0 aliphatic rings. The first kappa shape index (κ1) is 9.01. The van der Waals surface area contributed by atoms with Crippen molar-refractivity contribution in [3.63, 3.8) is 0 Å². The van der Waals surface area contributed by atoms with Gasteiger partial charge in [0.25, 0.3) is 0 Å². The summed E-state index contributed by atoms with van der Waals surface area (Å²) in [7, 11) is -2.70. The molecule has 0 amide bonds. The Morgan fingerprint density at radius 3 is 2.83 bits per heavy atom. The molecule has 4 N–H and O–H groups in total. The molecule has 0 bridgehead atoms. The van der Waals surface area contributed by atoms with Crippen LogP contribution in [0.2, 0.25) is 0 Å². The summed E-state index contributed by atoms with van der Waals surface area (Å²) in [6, 6.07) is 0. The van der Waals surface area contributed by atoms with Crippen molar-refractivity contribution in [3.8, 4) is 0 Å². The van der Waals surface area contributed by atoms with Crippen LogP contribution in [0, 0.1) is 4.78 Å². The minimum Gasteiger partial charge on any atom is -0.313 e. The van der Waals surface area contributed by atoms with E-state index in [4.69, 9.17) is 4.78 Å². The van der Waals surface area contributed by atoms with E-state index < -0.39 is 9.92 Å². The molecule has 1 heterocycles. The highest BCUT2D eigenvalue weighted by molar-refractivity contribution is 7.89. The van der Waals surface area contributed by atoms with Crippen LogP contribution in [0.15, 0.2) is 11.0 Å². The molecule has 0 aromatic carbocycles. The summed E-state index contributed by atoms with van der Waals surface area (Å²) < 4.78 is 20.3. The SMILES string of the molecule is CS(=N)(=O)NCc1c[nH]c(=O)[nH]1. The highest BCUT2D eigenvalue weighted by atomic mass is 32.2. The lowest BCUT2D eigenvalue weighted by atomic mass is 10.5. The van der Waals surface area contributed by atoms with Gasteiger partial charge in [0.15, 0.2) is 0 Å².